The van der Waals surface area contributed by atoms with Gasteiger partial charge in [0.15, 0.2) is 6.10 Å². The second-order valence-corrected chi connectivity index (χ2v) is 4.28. The largest absolute Gasteiger partial charge is 0.438 e. The van der Waals surface area contributed by atoms with Crippen molar-refractivity contribution in [1.29, 1.82) is 0 Å². The molecule has 0 aromatic heterocycles. The van der Waals surface area contributed by atoms with Crippen molar-refractivity contribution in [3.63, 3.8) is 0 Å². The molecule has 0 radical (unpaired) electrons. The fraction of sp³-hybridized carbons (Fsp3) is 0.900. The van der Waals surface area contributed by atoms with E-state index in [1.54, 1.807) is 25.7 Å². The Labute approximate surface area is 93.9 Å². The van der Waals surface area contributed by atoms with Crippen molar-refractivity contribution in [2.24, 2.45) is 0 Å². The van der Waals surface area contributed by atoms with E-state index < -0.39 is 18.1 Å². The smallest absolute Gasteiger partial charge is 0.407 e. The molecule has 6 heteroatoms. The highest BCUT2D eigenvalue weighted by Crippen LogP contribution is 2.29. The fourth-order valence-corrected chi connectivity index (χ4v) is 1.60. The lowest BCUT2D eigenvalue weighted by Gasteiger charge is -2.19. The van der Waals surface area contributed by atoms with Crippen LogP contribution in [0.3, 0.4) is 0 Å². The Morgan fingerprint density at radius 3 is 2.69 bits per heavy atom. The highest BCUT2D eigenvalue weighted by atomic mass is 19.3. The van der Waals surface area contributed by atoms with Crippen LogP contribution in [0.1, 0.15) is 20.8 Å². The number of rotatable bonds is 3. The van der Waals surface area contributed by atoms with Crippen LogP contribution in [0.15, 0.2) is 0 Å². The van der Waals surface area contributed by atoms with Crippen LogP contribution < -0.4 is 5.32 Å². The summed E-state index contributed by atoms with van der Waals surface area (Å²) in [6.45, 7) is 5.56. The van der Waals surface area contributed by atoms with E-state index in [1.165, 1.54) is 0 Å². The number of hydrogen-bond donors (Lipinski definition) is 1. The van der Waals surface area contributed by atoms with Crippen molar-refractivity contribution in [3.8, 4) is 0 Å². The highest BCUT2D eigenvalue weighted by molar-refractivity contribution is 5.67. The van der Waals surface area contributed by atoms with Gasteiger partial charge in [0.05, 0.1) is 6.54 Å². The molecule has 0 unspecified atom stereocenters. The molecule has 4 nitrogen and oxygen atoms in total. The van der Waals surface area contributed by atoms with Gasteiger partial charge in [0, 0.05) is 12.6 Å². The summed E-state index contributed by atoms with van der Waals surface area (Å²) in [5, 5.41) is 2.43. The molecular weight excluding hydrogens is 218 g/mol. The quantitative estimate of drug-likeness (QED) is 0.806. The number of ether oxygens (including phenoxy) is 1. The Hall–Kier alpha value is -0.910. The van der Waals surface area contributed by atoms with Crippen LogP contribution in [0, 0.1) is 0 Å². The summed E-state index contributed by atoms with van der Waals surface area (Å²) < 4.78 is 31.5. The first-order chi connectivity index (χ1) is 7.35. The third-order valence-electron chi connectivity index (χ3n) is 2.43. The Morgan fingerprint density at radius 1 is 1.62 bits per heavy atom. The van der Waals surface area contributed by atoms with Crippen LogP contribution in [-0.4, -0.2) is 48.7 Å². The Bertz CT molecular complexity index is 259. The highest BCUT2D eigenvalue weighted by Gasteiger charge is 2.50. The van der Waals surface area contributed by atoms with Crippen LogP contribution in [0.4, 0.5) is 13.6 Å². The third-order valence-corrected chi connectivity index (χ3v) is 2.43. The number of likely N-dealkylation sites (tertiary alicyclic amines) is 1. The van der Waals surface area contributed by atoms with E-state index in [9.17, 15) is 13.6 Å². The average Bonchev–Trinajstić information content (AvgIpc) is 2.40. The molecule has 0 aromatic rings. The number of nitrogens with zero attached hydrogens (tertiary/aromatic N) is 1. The minimum atomic E-state index is -2.95. The molecule has 1 amide bonds. The van der Waals surface area contributed by atoms with E-state index in [-0.39, 0.29) is 19.1 Å². The second kappa shape index (κ2) is 4.95. The average molecular weight is 236 g/mol. The topological polar surface area (TPSA) is 41.6 Å². The van der Waals surface area contributed by atoms with E-state index in [1.807, 2.05) is 0 Å². The normalized spacial score (nSPS) is 24.8. The Balaban J connectivity index is 2.50. The lowest BCUT2D eigenvalue weighted by Crippen LogP contribution is -2.40. The van der Waals surface area contributed by atoms with Crippen LogP contribution in [0.2, 0.25) is 0 Å². The number of carbonyl (C=O) groups excluding carboxylic acids is 1. The van der Waals surface area contributed by atoms with Gasteiger partial charge in [-0.1, -0.05) is 6.92 Å². The standard InChI is InChI=1S/C10H18F2N2O2/c1-4-14-5-8(10(11,12)6-14)16-9(15)13-7(2)3/h7-8H,4-6H2,1-3H3,(H,13,15)/t8-/m1/s1. The Kier molecular flexibility index (Phi) is 4.07. The molecule has 0 spiro atoms. The molecular formula is C10H18F2N2O2. The maximum absolute atomic E-state index is 13.4. The molecule has 1 rings (SSSR count). The fourth-order valence-electron chi connectivity index (χ4n) is 1.60. The summed E-state index contributed by atoms with van der Waals surface area (Å²) in [7, 11) is 0. The van der Waals surface area contributed by atoms with Gasteiger partial charge in [0.25, 0.3) is 5.92 Å². The van der Waals surface area contributed by atoms with E-state index in [2.05, 4.69) is 5.32 Å². The van der Waals surface area contributed by atoms with E-state index in [4.69, 9.17) is 4.74 Å². The van der Waals surface area contributed by atoms with Crippen molar-refractivity contribution in [1.82, 2.24) is 10.2 Å². The van der Waals surface area contributed by atoms with Gasteiger partial charge < -0.3 is 10.1 Å². The van der Waals surface area contributed by atoms with Gasteiger partial charge in [-0.2, -0.15) is 0 Å². The number of halogens is 2. The molecule has 1 atom stereocenters. The van der Waals surface area contributed by atoms with Gasteiger partial charge in [0.2, 0.25) is 0 Å². The van der Waals surface area contributed by atoms with Crippen LogP contribution >= 0.6 is 0 Å². The summed E-state index contributed by atoms with van der Waals surface area (Å²) in [6.07, 6.45) is -2.12. The molecule has 1 fully saturated rings. The molecule has 1 heterocycles. The maximum Gasteiger partial charge on any atom is 0.407 e. The first-order valence-electron chi connectivity index (χ1n) is 5.42. The summed E-state index contributed by atoms with van der Waals surface area (Å²) >= 11 is 0. The molecule has 0 bridgehead atoms. The minimum absolute atomic E-state index is 0.0923. The predicted octanol–water partition coefficient (Wildman–Crippen LogP) is 1.46. The third kappa shape index (κ3) is 3.30. The lowest BCUT2D eigenvalue weighted by molar-refractivity contribution is -0.0780. The molecule has 1 N–H and O–H groups in total. The van der Waals surface area contributed by atoms with E-state index in [0.717, 1.165) is 0 Å². The first-order valence-corrected chi connectivity index (χ1v) is 5.42. The minimum Gasteiger partial charge on any atom is -0.438 e. The van der Waals surface area contributed by atoms with E-state index >= 15 is 0 Å². The van der Waals surface area contributed by atoms with Gasteiger partial charge in [-0.3, -0.25) is 4.90 Å². The molecule has 94 valence electrons. The zero-order chi connectivity index (χ0) is 12.3. The van der Waals surface area contributed by atoms with Gasteiger partial charge >= 0.3 is 6.09 Å². The van der Waals surface area contributed by atoms with E-state index in [0.29, 0.717) is 6.54 Å². The van der Waals surface area contributed by atoms with Crippen LogP contribution in [0.25, 0.3) is 0 Å². The molecule has 0 saturated carbocycles. The van der Waals surface area contributed by atoms with Gasteiger partial charge in [-0.05, 0) is 20.4 Å². The monoisotopic (exact) mass is 236 g/mol. The number of alkyl carbamates (subject to hydrolysis) is 1. The maximum atomic E-state index is 13.4. The number of alkyl halides is 2. The summed E-state index contributed by atoms with van der Waals surface area (Å²) in [5.74, 6) is -2.95. The van der Waals surface area contributed by atoms with Gasteiger partial charge in [-0.15, -0.1) is 0 Å². The van der Waals surface area contributed by atoms with Crippen molar-refractivity contribution in [3.05, 3.63) is 0 Å². The molecule has 16 heavy (non-hydrogen) atoms. The number of amides is 1. The van der Waals surface area contributed by atoms with Crippen molar-refractivity contribution in [2.45, 2.75) is 38.8 Å². The van der Waals surface area contributed by atoms with Crippen molar-refractivity contribution >= 4 is 6.09 Å². The Morgan fingerprint density at radius 2 is 2.25 bits per heavy atom. The number of carbonyl (C=O) groups is 1. The molecule has 0 aromatic carbocycles. The van der Waals surface area contributed by atoms with Gasteiger partial charge in [0.1, 0.15) is 0 Å². The first kappa shape index (κ1) is 13.2. The second-order valence-electron chi connectivity index (χ2n) is 4.28. The SMILES string of the molecule is CCN1C[C@@H](OC(=O)NC(C)C)C(F)(F)C1. The summed E-state index contributed by atoms with van der Waals surface area (Å²) in [5.41, 5.74) is 0. The van der Waals surface area contributed by atoms with Crippen molar-refractivity contribution in [2.75, 3.05) is 19.6 Å². The predicted molar refractivity (Wildman–Crippen MR) is 55.6 cm³/mol. The molecule has 1 aliphatic rings. The van der Waals surface area contributed by atoms with Crippen LogP contribution in [-0.2, 0) is 4.74 Å². The zero-order valence-electron chi connectivity index (χ0n) is 9.80. The molecule has 0 aliphatic carbocycles. The zero-order valence-corrected chi connectivity index (χ0v) is 9.80. The number of nitrogens with one attached hydrogen (secondary N) is 1. The lowest BCUT2D eigenvalue weighted by atomic mass is 10.2. The molecule has 1 aliphatic heterocycles. The van der Waals surface area contributed by atoms with Crippen molar-refractivity contribution < 1.29 is 18.3 Å². The number of hydrogen-bond acceptors (Lipinski definition) is 3. The number of likely N-dealkylation sites (N-methyl/N-ethyl adjacent to an activating group) is 1. The molecule has 1 saturated heterocycles. The van der Waals surface area contributed by atoms with Gasteiger partial charge in [-0.25, -0.2) is 13.6 Å². The summed E-state index contributed by atoms with van der Waals surface area (Å²) in [6, 6.07) is -0.121. The van der Waals surface area contributed by atoms with Crippen LogP contribution in [0.5, 0.6) is 0 Å². The summed E-state index contributed by atoms with van der Waals surface area (Å²) in [4.78, 5) is 12.8.